The van der Waals surface area contributed by atoms with Crippen molar-refractivity contribution in [2.45, 2.75) is 18.4 Å². The van der Waals surface area contributed by atoms with Gasteiger partial charge in [-0.2, -0.15) is 0 Å². The van der Waals surface area contributed by atoms with Crippen molar-refractivity contribution in [2.24, 2.45) is 0 Å². The van der Waals surface area contributed by atoms with E-state index in [1.165, 1.54) is 0 Å². The largest absolute Gasteiger partial charge is 0.385 e. The molecule has 5 heteroatoms. The predicted octanol–water partition coefficient (Wildman–Crippen LogP) is -0.805. The van der Waals surface area contributed by atoms with E-state index in [4.69, 9.17) is 0 Å². The molecule has 0 aliphatic carbocycles. The van der Waals surface area contributed by atoms with Crippen LogP contribution in [0.4, 0.5) is 5.82 Å². The third-order valence-corrected chi connectivity index (χ3v) is 3.03. The van der Waals surface area contributed by atoms with Gasteiger partial charge in [0.2, 0.25) is 6.41 Å². The predicted molar refractivity (Wildman–Crippen MR) is 58.7 cm³/mol. The van der Waals surface area contributed by atoms with Gasteiger partial charge >= 0.3 is 0 Å². The summed E-state index contributed by atoms with van der Waals surface area (Å²) in [5.41, 5.74) is -0.135. The van der Waals surface area contributed by atoms with Crippen molar-refractivity contribution < 1.29 is 15.2 Å². The van der Waals surface area contributed by atoms with Crippen LogP contribution >= 0.6 is 0 Å². The van der Waals surface area contributed by atoms with Crippen LogP contribution in [0.3, 0.4) is 0 Å². The molecule has 16 heavy (non-hydrogen) atoms. The highest BCUT2D eigenvalue weighted by atomic mass is 16.3. The van der Waals surface area contributed by atoms with Gasteiger partial charge in [0.05, 0.1) is 13.1 Å². The van der Waals surface area contributed by atoms with Crippen molar-refractivity contribution in [1.29, 1.82) is 0 Å². The van der Waals surface area contributed by atoms with Crippen LogP contribution < -0.4 is 10.6 Å². The van der Waals surface area contributed by atoms with Crippen LogP contribution in [0.1, 0.15) is 18.4 Å². The molecule has 5 nitrogen and oxygen atoms in total. The number of nitrogens with zero attached hydrogens (tertiary/aromatic N) is 1. The van der Waals surface area contributed by atoms with Crippen LogP contribution in [0.25, 0.3) is 0 Å². The molecule has 1 aliphatic rings. The zero-order valence-corrected chi connectivity index (χ0v) is 9.02. The Balaban J connectivity index is 2.33. The number of nitrogens with two attached hydrogens (primary N) is 1. The zero-order valence-electron chi connectivity index (χ0n) is 9.02. The molecular formula is C11H16N3O2+. The number of rotatable bonds is 3. The maximum atomic E-state index is 10.5. The third kappa shape index (κ3) is 2.05. The Kier molecular flexibility index (Phi) is 3.17. The standard InChI is InChI=1S/C11H15N3O2/c15-8-14-10-9(2-1-5-13-10)11(16)3-6-12-7-4-11/h1-2,5,8,12,16H,3-4,6-7H2,(H,13,14,15)/p+1. The first-order valence-electron chi connectivity index (χ1n) is 5.46. The molecule has 1 aliphatic heterocycles. The molecule has 1 amide bonds. The number of nitrogens with one attached hydrogen (secondary N) is 1. The summed E-state index contributed by atoms with van der Waals surface area (Å²) in [5.74, 6) is 0.460. The maximum absolute atomic E-state index is 10.5. The molecule has 0 aromatic carbocycles. The quantitative estimate of drug-likeness (QED) is 0.585. The Labute approximate surface area is 93.9 Å². The van der Waals surface area contributed by atoms with E-state index >= 15 is 0 Å². The van der Waals surface area contributed by atoms with E-state index in [-0.39, 0.29) is 0 Å². The minimum Gasteiger partial charge on any atom is -0.385 e. The summed E-state index contributed by atoms with van der Waals surface area (Å²) in [6.45, 7) is 1.79. The number of aliphatic hydroxyl groups is 1. The SMILES string of the molecule is O=CNc1ncccc1C1(O)CC[NH2+]CC1. The molecule has 1 fully saturated rings. The van der Waals surface area contributed by atoms with Crippen molar-refractivity contribution in [3.63, 3.8) is 0 Å². The number of pyridine rings is 1. The average molecular weight is 222 g/mol. The number of hydrogen-bond acceptors (Lipinski definition) is 3. The summed E-state index contributed by atoms with van der Waals surface area (Å²) in [7, 11) is 0. The summed E-state index contributed by atoms with van der Waals surface area (Å²) in [5, 5.41) is 15.2. The Bertz CT molecular complexity index is 375. The maximum Gasteiger partial charge on any atom is 0.212 e. The van der Waals surface area contributed by atoms with E-state index < -0.39 is 5.60 Å². The number of carbonyl (C=O) groups is 1. The van der Waals surface area contributed by atoms with Crippen molar-refractivity contribution in [1.82, 2.24) is 4.98 Å². The number of hydrogen-bond donors (Lipinski definition) is 3. The summed E-state index contributed by atoms with van der Waals surface area (Å²) in [6, 6.07) is 3.60. The normalized spacial score (nSPS) is 19.1. The minimum atomic E-state index is -0.853. The molecule has 0 saturated carbocycles. The lowest BCUT2D eigenvalue weighted by molar-refractivity contribution is -0.669. The third-order valence-electron chi connectivity index (χ3n) is 3.03. The smallest absolute Gasteiger partial charge is 0.212 e. The fourth-order valence-corrected chi connectivity index (χ4v) is 2.17. The van der Waals surface area contributed by atoms with Gasteiger partial charge in [-0.25, -0.2) is 4.98 Å². The van der Waals surface area contributed by atoms with E-state index in [9.17, 15) is 9.90 Å². The molecule has 0 spiro atoms. The van der Waals surface area contributed by atoms with E-state index in [1.54, 1.807) is 12.3 Å². The highest BCUT2D eigenvalue weighted by Gasteiger charge is 2.35. The van der Waals surface area contributed by atoms with Crippen LogP contribution in [-0.2, 0) is 10.4 Å². The minimum absolute atomic E-state index is 0.460. The number of anilines is 1. The summed E-state index contributed by atoms with van der Waals surface area (Å²) < 4.78 is 0. The van der Waals surface area contributed by atoms with Crippen molar-refractivity contribution in [3.05, 3.63) is 23.9 Å². The molecule has 0 radical (unpaired) electrons. The fraction of sp³-hybridized carbons (Fsp3) is 0.455. The van der Waals surface area contributed by atoms with Crippen LogP contribution in [0.5, 0.6) is 0 Å². The molecule has 86 valence electrons. The van der Waals surface area contributed by atoms with E-state index in [0.717, 1.165) is 18.7 Å². The van der Waals surface area contributed by atoms with Gasteiger partial charge in [0.1, 0.15) is 11.4 Å². The molecule has 2 heterocycles. The number of amides is 1. The molecule has 1 aromatic rings. The second-order valence-electron chi connectivity index (χ2n) is 4.06. The fourth-order valence-electron chi connectivity index (χ4n) is 2.17. The molecule has 0 atom stereocenters. The molecule has 4 N–H and O–H groups in total. The molecule has 1 aromatic heterocycles. The summed E-state index contributed by atoms with van der Waals surface area (Å²) in [6.07, 6.45) is 3.57. The van der Waals surface area contributed by atoms with Gasteiger partial charge in [0, 0.05) is 24.6 Å². The van der Waals surface area contributed by atoms with Gasteiger partial charge < -0.3 is 15.7 Å². The van der Waals surface area contributed by atoms with Crippen molar-refractivity contribution in [3.8, 4) is 0 Å². The topological polar surface area (TPSA) is 78.8 Å². The number of quaternary nitrogens is 1. The van der Waals surface area contributed by atoms with Crippen molar-refractivity contribution >= 4 is 12.2 Å². The molecule has 0 bridgehead atoms. The first-order valence-corrected chi connectivity index (χ1v) is 5.46. The van der Waals surface area contributed by atoms with Crippen LogP contribution in [0.2, 0.25) is 0 Å². The van der Waals surface area contributed by atoms with Gasteiger partial charge in [-0.15, -0.1) is 0 Å². The Hall–Kier alpha value is -1.46. The Morgan fingerprint density at radius 1 is 1.50 bits per heavy atom. The van der Waals surface area contributed by atoms with Gasteiger partial charge in [0.25, 0.3) is 0 Å². The van der Waals surface area contributed by atoms with Crippen molar-refractivity contribution in [2.75, 3.05) is 18.4 Å². The highest BCUT2D eigenvalue weighted by Crippen LogP contribution is 2.32. The first-order chi connectivity index (χ1) is 7.76. The summed E-state index contributed by atoms with van der Waals surface area (Å²) in [4.78, 5) is 14.6. The van der Waals surface area contributed by atoms with E-state index in [2.05, 4.69) is 15.6 Å². The lowest BCUT2D eigenvalue weighted by Crippen LogP contribution is -2.87. The monoisotopic (exact) mass is 222 g/mol. The van der Waals surface area contributed by atoms with Crippen LogP contribution in [0, 0.1) is 0 Å². The summed E-state index contributed by atoms with van der Waals surface area (Å²) >= 11 is 0. The lowest BCUT2D eigenvalue weighted by Gasteiger charge is -2.31. The van der Waals surface area contributed by atoms with Crippen LogP contribution in [0.15, 0.2) is 18.3 Å². The van der Waals surface area contributed by atoms with Crippen LogP contribution in [-0.4, -0.2) is 29.6 Å². The van der Waals surface area contributed by atoms with Gasteiger partial charge in [0.15, 0.2) is 0 Å². The molecule has 2 rings (SSSR count). The Morgan fingerprint density at radius 3 is 2.94 bits per heavy atom. The first kappa shape index (κ1) is 11.0. The molecular weight excluding hydrogens is 206 g/mol. The number of piperidine rings is 1. The number of aromatic nitrogens is 1. The molecule has 1 saturated heterocycles. The second kappa shape index (κ2) is 4.59. The number of carbonyl (C=O) groups excluding carboxylic acids is 1. The zero-order chi connectivity index (χ0) is 11.4. The Morgan fingerprint density at radius 2 is 2.25 bits per heavy atom. The second-order valence-corrected chi connectivity index (χ2v) is 4.06. The van der Waals surface area contributed by atoms with Gasteiger partial charge in [-0.05, 0) is 6.07 Å². The molecule has 0 unspecified atom stereocenters. The lowest BCUT2D eigenvalue weighted by atomic mass is 9.85. The van der Waals surface area contributed by atoms with E-state index in [1.807, 2.05) is 6.07 Å². The van der Waals surface area contributed by atoms with E-state index in [0.29, 0.717) is 25.1 Å². The van der Waals surface area contributed by atoms with Gasteiger partial charge in [-0.3, -0.25) is 4.79 Å². The highest BCUT2D eigenvalue weighted by molar-refractivity contribution is 5.71. The van der Waals surface area contributed by atoms with Gasteiger partial charge in [-0.1, -0.05) is 6.07 Å². The average Bonchev–Trinajstić information content (AvgIpc) is 2.31.